The summed E-state index contributed by atoms with van der Waals surface area (Å²) >= 11 is 7.52. The zero-order chi connectivity index (χ0) is 24.6. The highest BCUT2D eigenvalue weighted by atomic mass is 35.5. The molecule has 0 saturated carbocycles. The maximum absolute atomic E-state index is 13.0. The molecule has 1 saturated heterocycles. The van der Waals surface area contributed by atoms with Gasteiger partial charge in [0.2, 0.25) is 5.91 Å². The largest absolute Gasteiger partial charge is 0.385 e. The first-order valence-corrected chi connectivity index (χ1v) is 13.8. The van der Waals surface area contributed by atoms with Gasteiger partial charge in [0.05, 0.1) is 21.0 Å². The molecule has 182 valence electrons. The molecular formula is C24H23ClN4O4S2. The summed E-state index contributed by atoms with van der Waals surface area (Å²) in [6, 6.07) is 13.8. The third kappa shape index (κ3) is 4.79. The number of thiazole rings is 1. The van der Waals surface area contributed by atoms with Crippen LogP contribution in [0.3, 0.4) is 0 Å². The molecular weight excluding hydrogens is 508 g/mol. The summed E-state index contributed by atoms with van der Waals surface area (Å²) in [5.74, 6) is -0.0424. The van der Waals surface area contributed by atoms with Crippen molar-refractivity contribution in [1.82, 2.24) is 14.5 Å². The normalized spacial score (nSPS) is 15.9. The number of piperidine rings is 1. The number of sulfonamides is 1. The van der Waals surface area contributed by atoms with Crippen molar-refractivity contribution in [2.24, 2.45) is 0 Å². The lowest BCUT2D eigenvalue weighted by molar-refractivity contribution is -0.136. The zero-order valence-electron chi connectivity index (χ0n) is 18.6. The molecule has 11 heteroatoms. The van der Waals surface area contributed by atoms with Crippen LogP contribution in [0.15, 0.2) is 71.2 Å². The van der Waals surface area contributed by atoms with Crippen molar-refractivity contribution in [1.29, 1.82) is 0 Å². The number of benzene rings is 2. The van der Waals surface area contributed by atoms with Crippen molar-refractivity contribution in [2.75, 3.05) is 17.8 Å². The second-order valence-corrected chi connectivity index (χ2v) is 11.5. The van der Waals surface area contributed by atoms with Gasteiger partial charge < -0.3 is 14.6 Å². The lowest BCUT2D eigenvalue weighted by atomic mass is 9.84. The van der Waals surface area contributed by atoms with Crippen LogP contribution in [0, 0.1) is 0 Å². The van der Waals surface area contributed by atoms with Crippen LogP contribution in [0.25, 0.3) is 10.9 Å². The van der Waals surface area contributed by atoms with E-state index in [1.54, 1.807) is 28.5 Å². The van der Waals surface area contributed by atoms with Crippen LogP contribution in [0.2, 0.25) is 5.02 Å². The van der Waals surface area contributed by atoms with E-state index in [9.17, 15) is 18.3 Å². The smallest absolute Gasteiger partial charge is 0.263 e. The summed E-state index contributed by atoms with van der Waals surface area (Å²) in [7, 11) is -3.76. The van der Waals surface area contributed by atoms with Gasteiger partial charge in [-0.25, -0.2) is 13.4 Å². The van der Waals surface area contributed by atoms with E-state index in [0.29, 0.717) is 41.6 Å². The molecule has 0 bridgehead atoms. The van der Waals surface area contributed by atoms with E-state index >= 15 is 0 Å². The molecule has 1 aliphatic heterocycles. The predicted octanol–water partition coefficient (Wildman–Crippen LogP) is 4.06. The number of para-hydroxylation sites is 1. The maximum atomic E-state index is 13.0. The molecule has 0 radical (unpaired) electrons. The van der Waals surface area contributed by atoms with Crippen molar-refractivity contribution >= 4 is 54.9 Å². The SMILES string of the molecule is O=C(Cn1ccc2cccc(Cl)c21)N1CCC(O)(c2ccc(S(=O)(=O)Nc3nccs3)cc2)CC1. The summed E-state index contributed by atoms with van der Waals surface area (Å²) in [5.41, 5.74) is 0.321. The lowest BCUT2D eigenvalue weighted by Gasteiger charge is -2.38. The Hall–Kier alpha value is -2.92. The van der Waals surface area contributed by atoms with Crippen LogP contribution in [-0.4, -0.2) is 47.0 Å². The number of carbonyl (C=O) groups is 1. The summed E-state index contributed by atoms with van der Waals surface area (Å²) in [5, 5.41) is 14.8. The average molecular weight is 531 g/mol. The van der Waals surface area contributed by atoms with E-state index in [2.05, 4.69) is 9.71 Å². The molecule has 1 fully saturated rings. The second kappa shape index (κ2) is 9.27. The summed E-state index contributed by atoms with van der Waals surface area (Å²) < 4.78 is 29.4. The molecule has 8 nitrogen and oxygen atoms in total. The van der Waals surface area contributed by atoms with Crippen molar-refractivity contribution in [3.05, 3.63) is 76.9 Å². The number of halogens is 1. The number of rotatable bonds is 6. The molecule has 4 aromatic rings. The fourth-order valence-corrected chi connectivity index (χ4v) is 6.48. The van der Waals surface area contributed by atoms with Gasteiger partial charge in [0.15, 0.2) is 5.13 Å². The van der Waals surface area contributed by atoms with Crippen LogP contribution >= 0.6 is 22.9 Å². The van der Waals surface area contributed by atoms with Gasteiger partial charge in [-0.3, -0.25) is 9.52 Å². The van der Waals surface area contributed by atoms with E-state index < -0.39 is 15.6 Å². The van der Waals surface area contributed by atoms with Gasteiger partial charge in [-0.2, -0.15) is 0 Å². The van der Waals surface area contributed by atoms with Gasteiger partial charge in [-0.15, -0.1) is 11.3 Å². The van der Waals surface area contributed by atoms with Gasteiger partial charge in [-0.05, 0) is 42.7 Å². The fourth-order valence-electron chi connectivity index (χ4n) is 4.40. The molecule has 1 amide bonds. The number of hydrogen-bond acceptors (Lipinski definition) is 6. The van der Waals surface area contributed by atoms with Crippen molar-refractivity contribution in [2.45, 2.75) is 29.9 Å². The van der Waals surface area contributed by atoms with Crippen LogP contribution in [0.4, 0.5) is 5.13 Å². The Morgan fingerprint density at radius 1 is 1.14 bits per heavy atom. The highest BCUT2D eigenvalue weighted by Gasteiger charge is 2.35. The van der Waals surface area contributed by atoms with Gasteiger partial charge in [0.25, 0.3) is 10.0 Å². The van der Waals surface area contributed by atoms with Crippen molar-refractivity contribution in [3.63, 3.8) is 0 Å². The van der Waals surface area contributed by atoms with Crippen molar-refractivity contribution in [3.8, 4) is 0 Å². The highest BCUT2D eigenvalue weighted by Crippen LogP contribution is 2.34. The number of nitrogens with one attached hydrogen (secondary N) is 1. The summed E-state index contributed by atoms with van der Waals surface area (Å²) in [4.78, 5) is 18.7. The number of likely N-dealkylation sites (tertiary alicyclic amines) is 1. The Kier molecular flexibility index (Phi) is 6.30. The Morgan fingerprint density at radius 2 is 1.89 bits per heavy atom. The molecule has 2 aromatic heterocycles. The maximum Gasteiger partial charge on any atom is 0.263 e. The van der Waals surface area contributed by atoms with E-state index in [4.69, 9.17) is 11.6 Å². The molecule has 3 heterocycles. The highest BCUT2D eigenvalue weighted by molar-refractivity contribution is 7.93. The predicted molar refractivity (Wildman–Crippen MR) is 136 cm³/mol. The van der Waals surface area contributed by atoms with E-state index in [1.165, 1.54) is 29.7 Å². The molecule has 0 unspecified atom stereocenters. The number of carbonyl (C=O) groups excluding carboxylic acids is 1. The number of aliphatic hydroxyl groups is 1. The molecule has 2 N–H and O–H groups in total. The standard InChI is InChI=1S/C24H23ClN4O4S2/c25-20-3-1-2-17-8-12-29(22(17)20)16-21(30)28-13-9-24(31,10-14-28)18-4-6-19(7-5-18)35(32,33)27-23-26-11-15-34-23/h1-8,11-12,15,31H,9-10,13-14,16H2,(H,26,27). The molecule has 35 heavy (non-hydrogen) atoms. The van der Waals surface area contributed by atoms with Crippen LogP contribution in [0.1, 0.15) is 18.4 Å². The van der Waals surface area contributed by atoms with Gasteiger partial charge in [0.1, 0.15) is 6.54 Å². The lowest BCUT2D eigenvalue weighted by Crippen LogP contribution is -2.46. The molecule has 5 rings (SSSR count). The zero-order valence-corrected chi connectivity index (χ0v) is 21.0. The fraction of sp³-hybridized carbons (Fsp3) is 0.250. The Morgan fingerprint density at radius 3 is 2.57 bits per heavy atom. The topological polar surface area (TPSA) is 105 Å². The van der Waals surface area contributed by atoms with Gasteiger partial charge in [0, 0.05) is 36.2 Å². The Bertz CT molecular complexity index is 1460. The molecule has 0 aliphatic carbocycles. The van der Waals surface area contributed by atoms with Gasteiger partial charge >= 0.3 is 0 Å². The monoisotopic (exact) mass is 530 g/mol. The molecule has 2 aromatic carbocycles. The van der Waals surface area contributed by atoms with Crippen molar-refractivity contribution < 1.29 is 18.3 Å². The first-order chi connectivity index (χ1) is 16.7. The number of amides is 1. The average Bonchev–Trinajstić information content (AvgIpc) is 3.50. The minimum Gasteiger partial charge on any atom is -0.385 e. The Balaban J connectivity index is 1.24. The van der Waals surface area contributed by atoms with Gasteiger partial charge in [-0.1, -0.05) is 35.9 Å². The van der Waals surface area contributed by atoms with Crippen LogP contribution in [-0.2, 0) is 27.0 Å². The minimum atomic E-state index is -3.76. The minimum absolute atomic E-state index is 0.0424. The first-order valence-electron chi connectivity index (χ1n) is 11.0. The number of aromatic nitrogens is 2. The second-order valence-electron chi connectivity index (χ2n) is 8.50. The first kappa shape index (κ1) is 23.8. The summed E-state index contributed by atoms with van der Waals surface area (Å²) in [6.07, 6.45) is 4.09. The molecule has 0 atom stereocenters. The van der Waals surface area contributed by atoms with E-state index in [0.717, 1.165) is 10.9 Å². The third-order valence-corrected chi connectivity index (χ3v) is 8.82. The number of anilines is 1. The number of nitrogens with zero attached hydrogens (tertiary/aromatic N) is 3. The van der Waals surface area contributed by atoms with Crippen LogP contribution < -0.4 is 4.72 Å². The van der Waals surface area contributed by atoms with E-state index in [-0.39, 0.29) is 17.3 Å². The number of fused-ring (bicyclic) bond motifs is 1. The van der Waals surface area contributed by atoms with Crippen LogP contribution in [0.5, 0.6) is 0 Å². The van der Waals surface area contributed by atoms with E-state index in [1.807, 2.05) is 29.0 Å². The molecule has 0 spiro atoms. The third-order valence-electron chi connectivity index (χ3n) is 6.34. The Labute approximate surface area is 211 Å². The quantitative estimate of drug-likeness (QED) is 0.391. The summed E-state index contributed by atoms with van der Waals surface area (Å²) in [6.45, 7) is 0.964. The number of hydrogen-bond donors (Lipinski definition) is 2. The molecule has 1 aliphatic rings.